The molecule has 1 unspecified atom stereocenters. The largest absolute Gasteiger partial charge is 0.497 e. The first-order valence-electron chi connectivity index (χ1n) is 9.79. The third-order valence-corrected chi connectivity index (χ3v) is 5.78. The van der Waals surface area contributed by atoms with Crippen LogP contribution in [0.5, 0.6) is 5.75 Å². The number of rotatable bonds is 7. The first-order chi connectivity index (χ1) is 14.7. The molecule has 0 aliphatic rings. The van der Waals surface area contributed by atoms with E-state index in [1.165, 1.54) is 7.11 Å². The van der Waals surface area contributed by atoms with Crippen molar-refractivity contribution < 1.29 is 27.4 Å². The molecule has 0 saturated heterocycles. The summed E-state index contributed by atoms with van der Waals surface area (Å²) < 4.78 is 55.2. The highest BCUT2D eigenvalue weighted by atomic mass is 79.9. The SMILES string of the molecule is CCOC(=O)CC(c1c(C)n(Cc2ccc(Br)cc2)c2ccc(OC)cc12)C(F)(F)F. The van der Waals surface area contributed by atoms with Crippen molar-refractivity contribution in [2.75, 3.05) is 13.7 Å². The third-order valence-electron chi connectivity index (χ3n) is 5.25. The minimum absolute atomic E-state index is 0.0293. The average Bonchev–Trinajstić information content (AvgIpc) is 2.98. The number of hydrogen-bond donors (Lipinski definition) is 0. The zero-order valence-corrected chi connectivity index (χ0v) is 19.0. The van der Waals surface area contributed by atoms with Gasteiger partial charge in [0.2, 0.25) is 0 Å². The Morgan fingerprint density at radius 2 is 1.84 bits per heavy atom. The quantitative estimate of drug-likeness (QED) is 0.356. The van der Waals surface area contributed by atoms with Crippen LogP contribution in [0.25, 0.3) is 10.9 Å². The maximum Gasteiger partial charge on any atom is 0.396 e. The lowest BCUT2D eigenvalue weighted by molar-refractivity contribution is -0.166. The summed E-state index contributed by atoms with van der Waals surface area (Å²) in [6.07, 6.45) is -5.38. The van der Waals surface area contributed by atoms with Crippen LogP contribution in [0.1, 0.15) is 36.1 Å². The molecule has 1 aromatic heterocycles. The monoisotopic (exact) mass is 497 g/mol. The van der Waals surface area contributed by atoms with Crippen LogP contribution < -0.4 is 4.74 Å². The van der Waals surface area contributed by atoms with E-state index in [4.69, 9.17) is 9.47 Å². The molecule has 1 atom stereocenters. The van der Waals surface area contributed by atoms with Crippen molar-refractivity contribution >= 4 is 32.8 Å². The van der Waals surface area contributed by atoms with Crippen LogP contribution in [0.4, 0.5) is 13.2 Å². The molecule has 2 aromatic carbocycles. The predicted octanol–water partition coefficient (Wildman–Crippen LogP) is 6.37. The Balaban J connectivity index is 2.19. The highest BCUT2D eigenvalue weighted by molar-refractivity contribution is 9.10. The smallest absolute Gasteiger partial charge is 0.396 e. The molecule has 0 bridgehead atoms. The normalized spacial score (nSPS) is 12.7. The van der Waals surface area contributed by atoms with Crippen molar-refractivity contribution in [1.29, 1.82) is 0 Å². The first-order valence-corrected chi connectivity index (χ1v) is 10.6. The Morgan fingerprint density at radius 1 is 1.16 bits per heavy atom. The van der Waals surface area contributed by atoms with Crippen LogP contribution in [0.15, 0.2) is 46.9 Å². The van der Waals surface area contributed by atoms with E-state index in [-0.39, 0.29) is 12.2 Å². The molecule has 1 heterocycles. The van der Waals surface area contributed by atoms with Crippen LogP contribution in [0, 0.1) is 6.92 Å². The van der Waals surface area contributed by atoms with Crippen LogP contribution in [0.2, 0.25) is 0 Å². The number of esters is 1. The Kier molecular flexibility index (Phi) is 6.99. The van der Waals surface area contributed by atoms with Gasteiger partial charge in [0, 0.05) is 27.6 Å². The molecule has 0 aliphatic heterocycles. The maximum atomic E-state index is 14.1. The van der Waals surface area contributed by atoms with Gasteiger partial charge in [-0.15, -0.1) is 0 Å². The standard InChI is InChI=1S/C23H23BrF3NO3/c1-4-31-21(29)12-19(23(25,26)27)22-14(2)28(13-15-5-7-16(24)8-6-15)20-10-9-17(30-3)11-18(20)22/h5-11,19H,4,12-13H2,1-3H3. The summed E-state index contributed by atoms with van der Waals surface area (Å²) >= 11 is 3.39. The molecular formula is C23H23BrF3NO3. The van der Waals surface area contributed by atoms with Gasteiger partial charge in [-0.3, -0.25) is 4.79 Å². The van der Waals surface area contributed by atoms with Gasteiger partial charge in [0.05, 0.1) is 26.1 Å². The van der Waals surface area contributed by atoms with E-state index in [0.29, 0.717) is 28.9 Å². The number of aromatic nitrogens is 1. The topological polar surface area (TPSA) is 40.5 Å². The van der Waals surface area contributed by atoms with E-state index in [2.05, 4.69) is 15.9 Å². The van der Waals surface area contributed by atoms with Gasteiger partial charge in [0.1, 0.15) is 5.75 Å². The molecule has 0 N–H and O–H groups in total. The highest BCUT2D eigenvalue weighted by Gasteiger charge is 2.45. The number of fused-ring (bicyclic) bond motifs is 1. The molecule has 3 rings (SSSR count). The zero-order chi connectivity index (χ0) is 22.8. The lowest BCUT2D eigenvalue weighted by Crippen LogP contribution is -2.25. The van der Waals surface area contributed by atoms with Gasteiger partial charge < -0.3 is 14.0 Å². The van der Waals surface area contributed by atoms with Crippen molar-refractivity contribution in [2.45, 2.75) is 38.9 Å². The Bertz CT molecular complexity index is 1070. The highest BCUT2D eigenvalue weighted by Crippen LogP contribution is 2.44. The third kappa shape index (κ3) is 5.06. The second kappa shape index (κ2) is 9.34. The first kappa shape index (κ1) is 23.2. The second-order valence-electron chi connectivity index (χ2n) is 7.20. The molecule has 0 aliphatic carbocycles. The fourth-order valence-electron chi connectivity index (χ4n) is 3.80. The molecule has 166 valence electrons. The van der Waals surface area contributed by atoms with Crippen LogP contribution in [-0.4, -0.2) is 30.4 Å². The van der Waals surface area contributed by atoms with Crippen molar-refractivity contribution in [3.05, 3.63) is 63.8 Å². The molecule has 0 saturated carbocycles. The molecule has 0 fully saturated rings. The van der Waals surface area contributed by atoms with Crippen molar-refractivity contribution in [3.63, 3.8) is 0 Å². The summed E-state index contributed by atoms with van der Waals surface area (Å²) in [7, 11) is 1.46. The average molecular weight is 498 g/mol. The molecule has 0 spiro atoms. The minimum Gasteiger partial charge on any atom is -0.497 e. The van der Waals surface area contributed by atoms with Gasteiger partial charge in [0.15, 0.2) is 0 Å². The Morgan fingerprint density at radius 3 is 2.42 bits per heavy atom. The number of benzene rings is 2. The van der Waals surface area contributed by atoms with Crippen molar-refractivity contribution in [2.24, 2.45) is 0 Å². The Hall–Kier alpha value is -2.48. The minimum atomic E-state index is -4.61. The van der Waals surface area contributed by atoms with Gasteiger partial charge >= 0.3 is 12.1 Å². The predicted molar refractivity (Wildman–Crippen MR) is 117 cm³/mol. The molecule has 0 amide bonds. The number of hydrogen-bond acceptors (Lipinski definition) is 3. The van der Waals surface area contributed by atoms with Crippen LogP contribution in [-0.2, 0) is 16.1 Å². The molecule has 4 nitrogen and oxygen atoms in total. The number of carbonyl (C=O) groups excluding carboxylic acids is 1. The molecule has 3 aromatic rings. The van der Waals surface area contributed by atoms with E-state index in [0.717, 1.165) is 10.0 Å². The maximum absolute atomic E-state index is 14.1. The lowest BCUT2D eigenvalue weighted by Gasteiger charge is -2.21. The Labute approximate surface area is 187 Å². The van der Waals surface area contributed by atoms with E-state index in [1.807, 2.05) is 28.8 Å². The number of alkyl halides is 3. The number of halogens is 4. The number of carbonyl (C=O) groups is 1. The van der Waals surface area contributed by atoms with Crippen LogP contribution >= 0.6 is 15.9 Å². The zero-order valence-electron chi connectivity index (χ0n) is 17.4. The summed E-state index contributed by atoms with van der Waals surface area (Å²) in [4.78, 5) is 12.0. The van der Waals surface area contributed by atoms with Gasteiger partial charge in [-0.2, -0.15) is 13.2 Å². The summed E-state index contributed by atoms with van der Waals surface area (Å²) in [5.41, 5.74) is 2.12. The van der Waals surface area contributed by atoms with E-state index < -0.39 is 24.5 Å². The van der Waals surface area contributed by atoms with Gasteiger partial charge in [0.25, 0.3) is 0 Å². The second-order valence-corrected chi connectivity index (χ2v) is 8.11. The van der Waals surface area contributed by atoms with Gasteiger partial charge in [-0.25, -0.2) is 0 Å². The summed E-state index contributed by atoms with van der Waals surface area (Å²) in [5.74, 6) is -2.40. The summed E-state index contributed by atoms with van der Waals surface area (Å²) in [5, 5.41) is 0.417. The molecule has 8 heteroatoms. The van der Waals surface area contributed by atoms with Gasteiger partial charge in [-0.1, -0.05) is 28.1 Å². The molecule has 31 heavy (non-hydrogen) atoms. The fourth-order valence-corrected chi connectivity index (χ4v) is 4.06. The van der Waals surface area contributed by atoms with Crippen LogP contribution in [0.3, 0.4) is 0 Å². The lowest BCUT2D eigenvalue weighted by atomic mass is 9.92. The summed E-state index contributed by atoms with van der Waals surface area (Å²) in [6.45, 7) is 3.65. The molecule has 0 radical (unpaired) electrons. The van der Waals surface area contributed by atoms with Gasteiger partial charge in [-0.05, 0) is 55.3 Å². The number of methoxy groups -OCH3 is 1. The van der Waals surface area contributed by atoms with E-state index >= 15 is 0 Å². The molecular weight excluding hydrogens is 475 g/mol. The van der Waals surface area contributed by atoms with E-state index in [1.54, 1.807) is 32.0 Å². The number of ether oxygens (including phenoxy) is 2. The number of nitrogens with zero attached hydrogens (tertiary/aromatic N) is 1. The summed E-state index contributed by atoms with van der Waals surface area (Å²) in [6, 6.07) is 12.7. The fraction of sp³-hybridized carbons (Fsp3) is 0.348. The van der Waals surface area contributed by atoms with E-state index in [9.17, 15) is 18.0 Å². The van der Waals surface area contributed by atoms with Crippen molar-refractivity contribution in [1.82, 2.24) is 4.57 Å². The van der Waals surface area contributed by atoms with Crippen molar-refractivity contribution in [3.8, 4) is 5.75 Å².